The summed E-state index contributed by atoms with van der Waals surface area (Å²) in [7, 11) is -0.684. The van der Waals surface area contributed by atoms with E-state index in [1.165, 1.54) is 0 Å². The minimum absolute atomic E-state index is 0.0987. The SMILES string of the molecule is CC1(C)OB(c2c(Cl)ccc3c2OC(CNC(=O)O)(c2ccccc2)C3)OC1(C)C. The third-order valence-corrected chi connectivity index (χ3v) is 6.64. The molecule has 0 bridgehead atoms. The molecule has 30 heavy (non-hydrogen) atoms. The van der Waals surface area contributed by atoms with Gasteiger partial charge in [0.25, 0.3) is 0 Å². The molecule has 0 aliphatic carbocycles. The standard InChI is InChI=1S/C22H25BClNO5/c1-20(2)21(3,4)30-23(29-20)17-16(24)11-10-14-12-22(28-18(14)17,13-25-19(26)27)15-8-6-5-7-9-15/h5-11,25H,12-13H2,1-4H3,(H,26,27). The molecule has 1 amide bonds. The average molecular weight is 430 g/mol. The predicted molar refractivity (Wildman–Crippen MR) is 116 cm³/mol. The first-order chi connectivity index (χ1) is 14.0. The summed E-state index contributed by atoms with van der Waals surface area (Å²) in [6, 6.07) is 13.3. The Labute approximate surface area is 181 Å². The highest BCUT2D eigenvalue weighted by Crippen LogP contribution is 2.44. The van der Waals surface area contributed by atoms with E-state index in [1.54, 1.807) is 0 Å². The van der Waals surface area contributed by atoms with Crippen LogP contribution in [0.3, 0.4) is 0 Å². The minimum atomic E-state index is -1.10. The number of rotatable bonds is 4. The summed E-state index contributed by atoms with van der Waals surface area (Å²) >= 11 is 6.59. The van der Waals surface area contributed by atoms with E-state index in [1.807, 2.05) is 70.2 Å². The Balaban J connectivity index is 1.76. The number of benzene rings is 2. The van der Waals surface area contributed by atoms with Crippen molar-refractivity contribution in [1.29, 1.82) is 0 Å². The highest BCUT2D eigenvalue weighted by Gasteiger charge is 2.54. The van der Waals surface area contributed by atoms with Crippen LogP contribution < -0.4 is 15.5 Å². The number of hydrogen-bond acceptors (Lipinski definition) is 4. The quantitative estimate of drug-likeness (QED) is 0.724. The summed E-state index contributed by atoms with van der Waals surface area (Å²) in [6.45, 7) is 8.03. The normalized spacial score (nSPS) is 23.7. The van der Waals surface area contributed by atoms with Crippen molar-refractivity contribution in [2.75, 3.05) is 6.54 Å². The van der Waals surface area contributed by atoms with Crippen molar-refractivity contribution in [3.8, 4) is 5.75 Å². The molecule has 0 radical (unpaired) electrons. The molecule has 2 aromatic carbocycles. The van der Waals surface area contributed by atoms with Crippen LogP contribution in [0.2, 0.25) is 5.02 Å². The van der Waals surface area contributed by atoms with Gasteiger partial charge in [-0.05, 0) is 44.9 Å². The Morgan fingerprint density at radius 2 is 1.73 bits per heavy atom. The highest BCUT2D eigenvalue weighted by molar-refractivity contribution is 6.66. The van der Waals surface area contributed by atoms with Gasteiger partial charge in [0.2, 0.25) is 0 Å². The molecule has 2 aliphatic heterocycles. The second-order valence-electron chi connectivity index (χ2n) is 8.84. The van der Waals surface area contributed by atoms with E-state index in [9.17, 15) is 9.90 Å². The van der Waals surface area contributed by atoms with Gasteiger partial charge >= 0.3 is 13.2 Å². The van der Waals surface area contributed by atoms with Gasteiger partial charge in [0.1, 0.15) is 5.75 Å². The molecule has 2 aromatic rings. The van der Waals surface area contributed by atoms with Crippen molar-refractivity contribution < 1.29 is 23.9 Å². The second-order valence-corrected chi connectivity index (χ2v) is 9.24. The maximum absolute atomic E-state index is 11.2. The summed E-state index contributed by atoms with van der Waals surface area (Å²) in [5, 5.41) is 12.2. The number of nitrogens with one attached hydrogen (secondary N) is 1. The molecular weight excluding hydrogens is 405 g/mol. The van der Waals surface area contributed by atoms with Gasteiger partial charge in [0.15, 0.2) is 5.60 Å². The smallest absolute Gasteiger partial charge is 0.480 e. The highest BCUT2D eigenvalue weighted by atomic mass is 35.5. The van der Waals surface area contributed by atoms with Crippen molar-refractivity contribution in [1.82, 2.24) is 5.32 Å². The Morgan fingerprint density at radius 1 is 1.10 bits per heavy atom. The predicted octanol–water partition coefficient (Wildman–Crippen LogP) is 3.74. The van der Waals surface area contributed by atoms with Gasteiger partial charge < -0.3 is 24.5 Å². The van der Waals surface area contributed by atoms with Crippen LogP contribution in [-0.4, -0.2) is 36.1 Å². The summed E-state index contributed by atoms with van der Waals surface area (Å²) in [5.74, 6) is 0.594. The van der Waals surface area contributed by atoms with Gasteiger partial charge in [0.05, 0.1) is 17.7 Å². The van der Waals surface area contributed by atoms with Gasteiger partial charge in [-0.3, -0.25) is 0 Å². The molecule has 158 valence electrons. The lowest BCUT2D eigenvalue weighted by atomic mass is 9.77. The molecule has 1 unspecified atom stereocenters. The lowest BCUT2D eigenvalue weighted by Crippen LogP contribution is -2.44. The van der Waals surface area contributed by atoms with Gasteiger partial charge in [0, 0.05) is 16.9 Å². The van der Waals surface area contributed by atoms with Gasteiger partial charge in [-0.25, -0.2) is 4.79 Å². The first-order valence-corrected chi connectivity index (χ1v) is 10.3. The maximum Gasteiger partial charge on any atom is 0.500 e. The van der Waals surface area contributed by atoms with Crippen LogP contribution in [0.4, 0.5) is 4.79 Å². The number of fused-ring (bicyclic) bond motifs is 1. The fraction of sp³-hybridized carbons (Fsp3) is 0.409. The minimum Gasteiger partial charge on any atom is -0.480 e. The van der Waals surface area contributed by atoms with E-state index in [2.05, 4.69) is 5.32 Å². The number of ether oxygens (including phenoxy) is 1. The molecule has 2 heterocycles. The monoisotopic (exact) mass is 429 g/mol. The van der Waals surface area contributed by atoms with E-state index in [4.69, 9.17) is 25.6 Å². The van der Waals surface area contributed by atoms with Crippen LogP contribution in [0.5, 0.6) is 5.75 Å². The van der Waals surface area contributed by atoms with Crippen LogP contribution in [0.1, 0.15) is 38.8 Å². The molecule has 4 rings (SSSR count). The molecule has 0 aromatic heterocycles. The molecule has 6 nitrogen and oxygen atoms in total. The largest absolute Gasteiger partial charge is 0.500 e. The average Bonchev–Trinajstić information content (AvgIpc) is 3.15. The van der Waals surface area contributed by atoms with Crippen LogP contribution >= 0.6 is 11.6 Å². The van der Waals surface area contributed by atoms with E-state index < -0.39 is 30.0 Å². The Morgan fingerprint density at radius 3 is 2.33 bits per heavy atom. The van der Waals surface area contributed by atoms with Crippen LogP contribution in [0.15, 0.2) is 42.5 Å². The fourth-order valence-corrected chi connectivity index (χ4v) is 4.16. The Bertz CT molecular complexity index is 965. The van der Waals surface area contributed by atoms with Gasteiger partial charge in [-0.15, -0.1) is 0 Å². The van der Waals surface area contributed by atoms with Crippen molar-refractivity contribution >= 4 is 30.3 Å². The molecule has 1 fully saturated rings. The number of carboxylic acid groups (broad SMARTS) is 1. The molecule has 2 aliphatic rings. The molecule has 0 spiro atoms. The lowest BCUT2D eigenvalue weighted by molar-refractivity contribution is 0.00578. The number of hydrogen-bond donors (Lipinski definition) is 2. The van der Waals surface area contributed by atoms with Crippen LogP contribution in [0.25, 0.3) is 0 Å². The van der Waals surface area contributed by atoms with Gasteiger partial charge in [-0.2, -0.15) is 0 Å². The van der Waals surface area contributed by atoms with E-state index in [0.717, 1.165) is 11.1 Å². The molecule has 1 saturated heterocycles. The Kier molecular flexibility index (Phi) is 5.04. The first kappa shape index (κ1) is 21.0. The zero-order valence-electron chi connectivity index (χ0n) is 17.5. The first-order valence-electron chi connectivity index (χ1n) is 9.93. The molecule has 0 saturated carbocycles. The van der Waals surface area contributed by atoms with Crippen molar-refractivity contribution in [2.45, 2.75) is 50.9 Å². The molecular formula is C22H25BClNO5. The Hall–Kier alpha value is -2.22. The topological polar surface area (TPSA) is 77.0 Å². The van der Waals surface area contributed by atoms with Crippen LogP contribution in [0, 0.1) is 0 Å². The lowest BCUT2D eigenvalue weighted by Gasteiger charge is -2.32. The molecule has 1 atom stereocenters. The van der Waals surface area contributed by atoms with Gasteiger partial charge in [-0.1, -0.05) is 48.0 Å². The van der Waals surface area contributed by atoms with Crippen molar-refractivity contribution in [3.63, 3.8) is 0 Å². The number of halogens is 1. The van der Waals surface area contributed by atoms with E-state index >= 15 is 0 Å². The molecule has 2 N–H and O–H groups in total. The third kappa shape index (κ3) is 3.45. The van der Waals surface area contributed by atoms with Crippen molar-refractivity contribution in [2.24, 2.45) is 0 Å². The van der Waals surface area contributed by atoms with Crippen molar-refractivity contribution in [3.05, 3.63) is 58.6 Å². The second kappa shape index (κ2) is 7.19. The summed E-state index contributed by atoms with van der Waals surface area (Å²) in [6.07, 6.45) is -0.606. The zero-order chi connectivity index (χ0) is 21.7. The number of carbonyl (C=O) groups is 1. The summed E-state index contributed by atoms with van der Waals surface area (Å²) < 4.78 is 19.0. The summed E-state index contributed by atoms with van der Waals surface area (Å²) in [5.41, 5.74) is 0.519. The molecule has 8 heteroatoms. The van der Waals surface area contributed by atoms with Crippen LogP contribution in [-0.2, 0) is 21.3 Å². The number of amides is 1. The third-order valence-electron chi connectivity index (χ3n) is 6.31. The summed E-state index contributed by atoms with van der Waals surface area (Å²) in [4.78, 5) is 11.2. The zero-order valence-corrected chi connectivity index (χ0v) is 18.2. The van der Waals surface area contributed by atoms with E-state index in [0.29, 0.717) is 22.7 Å². The van der Waals surface area contributed by atoms with E-state index in [-0.39, 0.29) is 6.54 Å². The maximum atomic E-state index is 11.2. The fourth-order valence-electron chi connectivity index (χ4n) is 3.92.